The summed E-state index contributed by atoms with van der Waals surface area (Å²) in [6.45, 7) is 4.72. The minimum absolute atomic E-state index is 0.0771. The number of hydrogen-bond donors (Lipinski definition) is 0. The van der Waals surface area contributed by atoms with E-state index in [-0.39, 0.29) is 12.1 Å². The van der Waals surface area contributed by atoms with Gasteiger partial charge in [-0.05, 0) is 19.4 Å². The summed E-state index contributed by atoms with van der Waals surface area (Å²) >= 11 is 0. The molecular formula is C10H17NO3. The van der Waals surface area contributed by atoms with E-state index in [9.17, 15) is 4.79 Å². The number of carbonyl (C=O) groups excluding carboxylic acids is 1. The van der Waals surface area contributed by atoms with E-state index in [1.54, 1.807) is 0 Å². The number of hydrogen-bond acceptors (Lipinski definition) is 4. The van der Waals surface area contributed by atoms with Crippen LogP contribution in [0.25, 0.3) is 0 Å². The summed E-state index contributed by atoms with van der Waals surface area (Å²) in [5, 5.41) is 0. The maximum atomic E-state index is 10.6. The van der Waals surface area contributed by atoms with Gasteiger partial charge >= 0.3 is 5.97 Å². The molecule has 2 rings (SSSR count). The maximum Gasteiger partial charge on any atom is 0.302 e. The second kappa shape index (κ2) is 4.28. The van der Waals surface area contributed by atoms with Gasteiger partial charge in [0.2, 0.25) is 0 Å². The maximum absolute atomic E-state index is 10.6. The Morgan fingerprint density at radius 1 is 1.64 bits per heavy atom. The highest BCUT2D eigenvalue weighted by Gasteiger charge is 2.32. The van der Waals surface area contributed by atoms with Crippen LogP contribution in [-0.4, -0.2) is 49.3 Å². The van der Waals surface area contributed by atoms with Gasteiger partial charge in [0, 0.05) is 19.5 Å². The van der Waals surface area contributed by atoms with Crippen LogP contribution >= 0.6 is 0 Å². The molecule has 2 fully saturated rings. The molecule has 0 aromatic heterocycles. The molecule has 0 aliphatic carbocycles. The van der Waals surface area contributed by atoms with Crippen molar-refractivity contribution in [2.75, 3.05) is 26.3 Å². The molecular weight excluding hydrogens is 182 g/mol. The molecule has 0 bridgehead atoms. The van der Waals surface area contributed by atoms with E-state index >= 15 is 0 Å². The lowest BCUT2D eigenvalue weighted by Gasteiger charge is -2.34. The highest BCUT2D eigenvalue weighted by Crippen LogP contribution is 2.22. The molecule has 2 atom stereocenters. The number of rotatable bonds is 2. The molecule has 0 unspecified atom stereocenters. The van der Waals surface area contributed by atoms with Crippen molar-refractivity contribution in [1.29, 1.82) is 0 Å². The molecule has 0 saturated carbocycles. The Hall–Kier alpha value is -0.610. The molecule has 4 heteroatoms. The molecule has 2 aliphatic heterocycles. The zero-order valence-corrected chi connectivity index (χ0v) is 8.57. The average molecular weight is 199 g/mol. The first-order valence-corrected chi connectivity index (χ1v) is 5.24. The molecule has 2 heterocycles. The van der Waals surface area contributed by atoms with Gasteiger partial charge in [0.15, 0.2) is 0 Å². The molecule has 14 heavy (non-hydrogen) atoms. The Kier molecular flexibility index (Phi) is 3.03. The number of nitrogens with zero attached hydrogens (tertiary/aromatic N) is 1. The van der Waals surface area contributed by atoms with Gasteiger partial charge in [-0.2, -0.15) is 0 Å². The van der Waals surface area contributed by atoms with Crippen LogP contribution in [0, 0.1) is 0 Å². The van der Waals surface area contributed by atoms with Crippen molar-refractivity contribution in [3.05, 3.63) is 0 Å². The third kappa shape index (κ3) is 2.25. The van der Waals surface area contributed by atoms with Gasteiger partial charge in [0.25, 0.3) is 0 Å². The Morgan fingerprint density at radius 3 is 3.29 bits per heavy atom. The summed E-state index contributed by atoms with van der Waals surface area (Å²) in [6, 6.07) is 0.614. The van der Waals surface area contributed by atoms with E-state index in [1.165, 1.54) is 26.3 Å². The van der Waals surface area contributed by atoms with Crippen LogP contribution in [0.5, 0.6) is 0 Å². The molecule has 0 amide bonds. The summed E-state index contributed by atoms with van der Waals surface area (Å²) in [5.74, 6) is -0.225. The number of carbonyl (C=O) groups is 1. The lowest BCUT2D eigenvalue weighted by molar-refractivity contribution is -0.149. The van der Waals surface area contributed by atoms with E-state index in [0.29, 0.717) is 12.6 Å². The summed E-state index contributed by atoms with van der Waals surface area (Å²) in [7, 11) is 0. The fourth-order valence-corrected chi connectivity index (χ4v) is 2.20. The largest absolute Gasteiger partial charge is 0.463 e. The smallest absolute Gasteiger partial charge is 0.302 e. The SMILES string of the molecule is CC(=O)OC[C@H]1CN2CCC[C@H]2CO1. The zero-order chi connectivity index (χ0) is 9.97. The first-order chi connectivity index (χ1) is 6.75. The van der Waals surface area contributed by atoms with Crippen LogP contribution in [0.15, 0.2) is 0 Å². The van der Waals surface area contributed by atoms with Crippen molar-refractivity contribution >= 4 is 5.97 Å². The number of morpholine rings is 1. The predicted molar refractivity (Wildman–Crippen MR) is 51.0 cm³/mol. The molecule has 0 radical (unpaired) electrons. The lowest BCUT2D eigenvalue weighted by atomic mass is 10.2. The molecule has 0 aromatic rings. The normalized spacial score (nSPS) is 32.6. The molecule has 4 nitrogen and oxygen atoms in total. The Balaban J connectivity index is 1.77. The summed E-state index contributed by atoms with van der Waals surface area (Å²) in [4.78, 5) is 13.1. The molecule has 2 saturated heterocycles. The topological polar surface area (TPSA) is 38.8 Å². The second-order valence-electron chi connectivity index (χ2n) is 4.05. The second-order valence-corrected chi connectivity index (χ2v) is 4.05. The quantitative estimate of drug-likeness (QED) is 0.604. The third-order valence-electron chi connectivity index (χ3n) is 2.93. The van der Waals surface area contributed by atoms with Crippen LogP contribution in [0.1, 0.15) is 19.8 Å². The lowest BCUT2D eigenvalue weighted by Crippen LogP contribution is -2.47. The number of ether oxygens (including phenoxy) is 2. The Bertz CT molecular complexity index is 219. The van der Waals surface area contributed by atoms with E-state index < -0.39 is 0 Å². The van der Waals surface area contributed by atoms with Crippen LogP contribution < -0.4 is 0 Å². The minimum atomic E-state index is -0.225. The summed E-state index contributed by atoms with van der Waals surface area (Å²) < 4.78 is 10.6. The van der Waals surface area contributed by atoms with Crippen molar-refractivity contribution in [3.8, 4) is 0 Å². The highest BCUT2D eigenvalue weighted by molar-refractivity contribution is 5.65. The van der Waals surface area contributed by atoms with Crippen LogP contribution in [0.3, 0.4) is 0 Å². The summed E-state index contributed by atoms with van der Waals surface area (Å²) in [5.41, 5.74) is 0. The van der Waals surface area contributed by atoms with Crippen molar-refractivity contribution in [2.45, 2.75) is 31.9 Å². The molecule has 80 valence electrons. The fourth-order valence-electron chi connectivity index (χ4n) is 2.20. The third-order valence-corrected chi connectivity index (χ3v) is 2.93. The summed E-state index contributed by atoms with van der Waals surface area (Å²) in [6.07, 6.45) is 2.60. The molecule has 0 aromatic carbocycles. The van der Waals surface area contributed by atoms with Crippen LogP contribution in [-0.2, 0) is 14.3 Å². The Labute approximate surface area is 84.2 Å². The van der Waals surface area contributed by atoms with Gasteiger partial charge in [-0.1, -0.05) is 0 Å². The minimum Gasteiger partial charge on any atom is -0.463 e. The van der Waals surface area contributed by atoms with E-state index in [1.807, 2.05) is 0 Å². The van der Waals surface area contributed by atoms with Gasteiger partial charge in [-0.15, -0.1) is 0 Å². The van der Waals surface area contributed by atoms with Crippen LogP contribution in [0.4, 0.5) is 0 Å². The van der Waals surface area contributed by atoms with Gasteiger partial charge in [-0.3, -0.25) is 9.69 Å². The first-order valence-electron chi connectivity index (χ1n) is 5.24. The van der Waals surface area contributed by atoms with Gasteiger partial charge in [0.1, 0.15) is 12.7 Å². The van der Waals surface area contributed by atoms with Crippen molar-refractivity contribution in [2.24, 2.45) is 0 Å². The first kappa shape index (κ1) is 9.93. The molecule has 2 aliphatic rings. The number of esters is 1. The zero-order valence-electron chi connectivity index (χ0n) is 8.57. The van der Waals surface area contributed by atoms with Crippen molar-refractivity contribution in [3.63, 3.8) is 0 Å². The van der Waals surface area contributed by atoms with Gasteiger partial charge in [-0.25, -0.2) is 0 Å². The molecule has 0 spiro atoms. The van der Waals surface area contributed by atoms with E-state index in [4.69, 9.17) is 9.47 Å². The van der Waals surface area contributed by atoms with Gasteiger partial charge < -0.3 is 9.47 Å². The highest BCUT2D eigenvalue weighted by atomic mass is 16.6. The van der Waals surface area contributed by atoms with Crippen LogP contribution in [0.2, 0.25) is 0 Å². The predicted octanol–water partition coefficient (Wildman–Crippen LogP) is 0.413. The monoisotopic (exact) mass is 199 g/mol. The average Bonchev–Trinajstić information content (AvgIpc) is 2.61. The van der Waals surface area contributed by atoms with Crippen molar-refractivity contribution in [1.82, 2.24) is 4.90 Å². The van der Waals surface area contributed by atoms with E-state index in [0.717, 1.165) is 13.2 Å². The molecule has 0 N–H and O–H groups in total. The number of fused-ring (bicyclic) bond motifs is 1. The van der Waals surface area contributed by atoms with Gasteiger partial charge in [0.05, 0.1) is 6.61 Å². The van der Waals surface area contributed by atoms with Crippen molar-refractivity contribution < 1.29 is 14.3 Å². The fraction of sp³-hybridized carbons (Fsp3) is 0.900. The Morgan fingerprint density at radius 2 is 2.50 bits per heavy atom. The standard InChI is InChI=1S/C10H17NO3/c1-8(12)13-7-10-5-11-4-2-3-9(11)6-14-10/h9-10H,2-7H2,1H3/t9-,10+/m0/s1. The van der Waals surface area contributed by atoms with E-state index in [2.05, 4.69) is 4.90 Å².